The number of rotatable bonds is 4. The van der Waals surface area contributed by atoms with Crippen LogP contribution >= 0.6 is 0 Å². The molecule has 0 bridgehead atoms. The largest absolute Gasteiger partial charge is 0.338 e. The van der Waals surface area contributed by atoms with Gasteiger partial charge in [-0.25, -0.2) is 4.39 Å². The average molecular weight is 366 g/mol. The van der Waals surface area contributed by atoms with Gasteiger partial charge in [-0.15, -0.1) is 0 Å². The predicted octanol–water partition coefficient (Wildman–Crippen LogP) is 4.01. The number of halogens is 1. The summed E-state index contributed by atoms with van der Waals surface area (Å²) in [5.41, 5.74) is 3.70. The summed E-state index contributed by atoms with van der Waals surface area (Å²) in [6, 6.07) is 15.3. The summed E-state index contributed by atoms with van der Waals surface area (Å²) < 4.78 is 13.3. The monoisotopic (exact) mass is 366 g/mol. The molecule has 2 aliphatic rings. The van der Waals surface area contributed by atoms with Gasteiger partial charge in [-0.3, -0.25) is 9.69 Å². The van der Waals surface area contributed by atoms with Crippen LogP contribution in [-0.2, 0) is 24.3 Å². The summed E-state index contributed by atoms with van der Waals surface area (Å²) in [5.74, 6) is 0.600. The molecule has 0 unspecified atom stereocenters. The second kappa shape index (κ2) is 8.22. The van der Waals surface area contributed by atoms with Crippen LogP contribution in [0.1, 0.15) is 36.0 Å². The van der Waals surface area contributed by atoms with E-state index in [-0.39, 0.29) is 5.82 Å². The van der Waals surface area contributed by atoms with Crippen LogP contribution in [0.4, 0.5) is 4.39 Å². The minimum atomic E-state index is -0.170. The molecule has 0 aromatic heterocycles. The first-order valence-corrected chi connectivity index (χ1v) is 9.99. The Labute approximate surface area is 160 Å². The summed E-state index contributed by atoms with van der Waals surface area (Å²) >= 11 is 0. The molecule has 0 radical (unpaired) electrons. The summed E-state index contributed by atoms with van der Waals surface area (Å²) in [5, 5.41) is 0. The van der Waals surface area contributed by atoms with Crippen molar-refractivity contribution in [1.82, 2.24) is 9.80 Å². The molecule has 1 amide bonds. The van der Waals surface area contributed by atoms with Crippen molar-refractivity contribution in [3.8, 4) is 0 Å². The van der Waals surface area contributed by atoms with Crippen LogP contribution in [0, 0.1) is 11.7 Å². The number of carbonyl (C=O) groups is 1. The van der Waals surface area contributed by atoms with Crippen LogP contribution in [0.5, 0.6) is 0 Å². The van der Waals surface area contributed by atoms with E-state index in [9.17, 15) is 9.18 Å². The number of piperidine rings is 1. The molecule has 0 atom stereocenters. The van der Waals surface area contributed by atoms with Gasteiger partial charge in [0.1, 0.15) is 5.82 Å². The molecule has 1 fully saturated rings. The van der Waals surface area contributed by atoms with Crippen molar-refractivity contribution in [3.05, 3.63) is 71.0 Å². The Kier molecular flexibility index (Phi) is 5.53. The Morgan fingerprint density at radius 3 is 2.56 bits per heavy atom. The van der Waals surface area contributed by atoms with Gasteiger partial charge in [0.2, 0.25) is 5.91 Å². The van der Waals surface area contributed by atoms with E-state index in [0.717, 1.165) is 57.5 Å². The highest BCUT2D eigenvalue weighted by Crippen LogP contribution is 2.25. The molecule has 2 aromatic rings. The second-order valence-electron chi connectivity index (χ2n) is 7.89. The first kappa shape index (κ1) is 18.2. The van der Waals surface area contributed by atoms with Gasteiger partial charge in [0.05, 0.1) is 0 Å². The van der Waals surface area contributed by atoms with Crippen LogP contribution in [0.2, 0.25) is 0 Å². The lowest BCUT2D eigenvalue weighted by Gasteiger charge is -2.34. The van der Waals surface area contributed by atoms with Gasteiger partial charge >= 0.3 is 0 Å². The van der Waals surface area contributed by atoms with E-state index in [0.29, 0.717) is 18.2 Å². The summed E-state index contributed by atoms with van der Waals surface area (Å²) in [6.07, 6.45) is 3.72. The van der Waals surface area contributed by atoms with E-state index >= 15 is 0 Å². The number of nitrogens with zero attached hydrogens (tertiary/aromatic N) is 2. The fraction of sp³-hybridized carbons (Fsp3) is 0.435. The van der Waals surface area contributed by atoms with Crippen LogP contribution in [-0.4, -0.2) is 35.3 Å². The predicted molar refractivity (Wildman–Crippen MR) is 105 cm³/mol. The third-order valence-electron chi connectivity index (χ3n) is 5.95. The second-order valence-corrected chi connectivity index (χ2v) is 7.89. The van der Waals surface area contributed by atoms with Crippen LogP contribution in [0.3, 0.4) is 0 Å². The van der Waals surface area contributed by atoms with Crippen molar-refractivity contribution >= 4 is 5.91 Å². The molecule has 4 heteroatoms. The molecule has 4 rings (SSSR count). The Morgan fingerprint density at radius 1 is 1.00 bits per heavy atom. The molecule has 2 aromatic carbocycles. The Bertz CT molecular complexity index is 798. The van der Waals surface area contributed by atoms with E-state index in [2.05, 4.69) is 29.2 Å². The first-order chi connectivity index (χ1) is 13.2. The standard InChI is InChI=1S/C23H27FN2O/c24-22-7-3-4-19(14-22)16-25-11-8-18(9-12-25)15-23(27)26-13-10-20-5-1-2-6-21(20)17-26/h1-7,14,18H,8-13,15-17H2. The summed E-state index contributed by atoms with van der Waals surface area (Å²) in [6.45, 7) is 4.36. The zero-order valence-electron chi connectivity index (χ0n) is 15.7. The normalized spacial score (nSPS) is 18.3. The lowest BCUT2D eigenvalue weighted by Crippen LogP contribution is -2.39. The maximum absolute atomic E-state index is 13.3. The minimum Gasteiger partial charge on any atom is -0.338 e. The fourth-order valence-corrected chi connectivity index (χ4v) is 4.33. The SMILES string of the molecule is O=C(CC1CCN(Cc2cccc(F)c2)CC1)N1CCc2ccccc2C1. The molecule has 1 saturated heterocycles. The third-order valence-corrected chi connectivity index (χ3v) is 5.95. The molecule has 2 aliphatic heterocycles. The van der Waals surface area contributed by atoms with E-state index in [1.54, 1.807) is 12.1 Å². The molecular weight excluding hydrogens is 339 g/mol. The lowest BCUT2D eigenvalue weighted by atomic mass is 9.92. The molecule has 0 aliphatic carbocycles. The molecule has 0 spiro atoms. The van der Waals surface area contributed by atoms with Crippen molar-refractivity contribution in [2.45, 2.75) is 38.8 Å². The van der Waals surface area contributed by atoms with E-state index in [4.69, 9.17) is 0 Å². The number of fused-ring (bicyclic) bond motifs is 1. The molecule has 3 nitrogen and oxygen atoms in total. The van der Waals surface area contributed by atoms with E-state index in [1.807, 2.05) is 11.0 Å². The van der Waals surface area contributed by atoms with Gasteiger partial charge in [-0.05, 0) is 67.1 Å². The number of hydrogen-bond donors (Lipinski definition) is 0. The molecule has 27 heavy (non-hydrogen) atoms. The fourth-order valence-electron chi connectivity index (χ4n) is 4.33. The molecule has 2 heterocycles. The number of carbonyl (C=O) groups excluding carboxylic acids is 1. The van der Waals surface area contributed by atoms with Crippen LogP contribution in [0.15, 0.2) is 48.5 Å². The molecule has 142 valence electrons. The smallest absolute Gasteiger partial charge is 0.223 e. The maximum atomic E-state index is 13.3. The van der Waals surface area contributed by atoms with Crippen molar-refractivity contribution < 1.29 is 9.18 Å². The Balaban J connectivity index is 1.25. The number of amides is 1. The lowest BCUT2D eigenvalue weighted by molar-refractivity contribution is -0.133. The van der Waals surface area contributed by atoms with Crippen LogP contribution < -0.4 is 0 Å². The molecule has 0 N–H and O–H groups in total. The topological polar surface area (TPSA) is 23.6 Å². The van der Waals surface area contributed by atoms with Crippen molar-refractivity contribution in [3.63, 3.8) is 0 Å². The zero-order chi connectivity index (χ0) is 18.6. The minimum absolute atomic E-state index is 0.170. The van der Waals surface area contributed by atoms with Crippen molar-refractivity contribution in [2.75, 3.05) is 19.6 Å². The zero-order valence-corrected chi connectivity index (χ0v) is 15.7. The first-order valence-electron chi connectivity index (χ1n) is 9.99. The highest BCUT2D eigenvalue weighted by Gasteiger charge is 2.26. The summed E-state index contributed by atoms with van der Waals surface area (Å²) in [7, 11) is 0. The number of likely N-dealkylation sites (tertiary alicyclic amines) is 1. The summed E-state index contributed by atoms with van der Waals surface area (Å²) in [4.78, 5) is 17.2. The van der Waals surface area contributed by atoms with Crippen LogP contribution in [0.25, 0.3) is 0 Å². The number of benzene rings is 2. The van der Waals surface area contributed by atoms with Gasteiger partial charge < -0.3 is 4.90 Å². The molecular formula is C23H27FN2O. The molecule has 0 saturated carbocycles. The van der Waals surface area contributed by atoms with E-state index < -0.39 is 0 Å². The van der Waals surface area contributed by atoms with Gasteiger partial charge in [0.15, 0.2) is 0 Å². The maximum Gasteiger partial charge on any atom is 0.223 e. The van der Waals surface area contributed by atoms with Crippen molar-refractivity contribution in [1.29, 1.82) is 0 Å². The highest BCUT2D eigenvalue weighted by molar-refractivity contribution is 5.76. The average Bonchev–Trinajstić information content (AvgIpc) is 2.69. The van der Waals surface area contributed by atoms with E-state index in [1.165, 1.54) is 17.2 Å². The Morgan fingerprint density at radius 2 is 1.78 bits per heavy atom. The van der Waals surface area contributed by atoms with Gasteiger partial charge in [-0.1, -0.05) is 36.4 Å². The third kappa shape index (κ3) is 4.56. The van der Waals surface area contributed by atoms with Gasteiger partial charge in [0, 0.05) is 26.1 Å². The van der Waals surface area contributed by atoms with Gasteiger partial charge in [-0.2, -0.15) is 0 Å². The number of hydrogen-bond acceptors (Lipinski definition) is 2. The Hall–Kier alpha value is -2.20. The van der Waals surface area contributed by atoms with Gasteiger partial charge in [0.25, 0.3) is 0 Å². The highest BCUT2D eigenvalue weighted by atomic mass is 19.1. The quantitative estimate of drug-likeness (QED) is 0.816. The van der Waals surface area contributed by atoms with Crippen molar-refractivity contribution in [2.24, 2.45) is 5.92 Å².